The zero-order valence-electron chi connectivity index (χ0n) is 7.00. The zero-order chi connectivity index (χ0) is 9.42. The highest BCUT2D eigenvalue weighted by atomic mass is 35.5. The number of anilines is 1. The first kappa shape index (κ1) is 8.66. The summed E-state index contributed by atoms with van der Waals surface area (Å²) < 4.78 is 6.11. The van der Waals surface area contributed by atoms with Gasteiger partial charge in [0.05, 0.1) is 22.5 Å². The SMILES string of the molecule is COc1cc2ccsc2c(Cl)c1N. The molecule has 0 bridgehead atoms. The number of fused-ring (bicyclic) bond motifs is 1. The Morgan fingerprint density at radius 2 is 2.31 bits per heavy atom. The average Bonchev–Trinajstić information content (AvgIpc) is 2.59. The van der Waals surface area contributed by atoms with E-state index < -0.39 is 0 Å². The number of methoxy groups -OCH3 is 1. The van der Waals surface area contributed by atoms with E-state index >= 15 is 0 Å². The van der Waals surface area contributed by atoms with E-state index in [1.807, 2.05) is 17.5 Å². The van der Waals surface area contributed by atoms with E-state index in [0.717, 1.165) is 10.1 Å². The smallest absolute Gasteiger partial charge is 0.143 e. The van der Waals surface area contributed by atoms with Gasteiger partial charge in [-0.2, -0.15) is 0 Å². The number of nitrogens with two attached hydrogens (primary N) is 1. The van der Waals surface area contributed by atoms with Crippen LogP contribution >= 0.6 is 22.9 Å². The van der Waals surface area contributed by atoms with Crippen molar-refractivity contribution in [3.05, 3.63) is 22.5 Å². The average molecular weight is 214 g/mol. The van der Waals surface area contributed by atoms with Gasteiger partial charge in [0.25, 0.3) is 0 Å². The fraction of sp³-hybridized carbons (Fsp3) is 0.111. The lowest BCUT2D eigenvalue weighted by Gasteiger charge is -2.06. The van der Waals surface area contributed by atoms with E-state index in [0.29, 0.717) is 16.5 Å². The number of hydrogen-bond donors (Lipinski definition) is 1. The summed E-state index contributed by atoms with van der Waals surface area (Å²) in [6, 6.07) is 3.89. The molecule has 2 rings (SSSR count). The highest BCUT2D eigenvalue weighted by Gasteiger charge is 2.09. The lowest BCUT2D eigenvalue weighted by Crippen LogP contribution is -1.92. The van der Waals surface area contributed by atoms with E-state index in [2.05, 4.69) is 0 Å². The van der Waals surface area contributed by atoms with E-state index in [1.54, 1.807) is 18.4 Å². The minimum absolute atomic E-state index is 0.513. The molecule has 0 atom stereocenters. The quantitative estimate of drug-likeness (QED) is 0.739. The van der Waals surface area contributed by atoms with Crippen molar-refractivity contribution in [1.82, 2.24) is 0 Å². The maximum absolute atomic E-state index is 6.06. The molecule has 0 amide bonds. The van der Waals surface area contributed by atoms with Crippen LogP contribution in [0.2, 0.25) is 5.02 Å². The monoisotopic (exact) mass is 213 g/mol. The van der Waals surface area contributed by atoms with Gasteiger partial charge < -0.3 is 10.5 Å². The van der Waals surface area contributed by atoms with Crippen molar-refractivity contribution in [3.63, 3.8) is 0 Å². The van der Waals surface area contributed by atoms with Crippen molar-refractivity contribution in [2.24, 2.45) is 0 Å². The first-order valence-corrected chi connectivity index (χ1v) is 4.99. The predicted octanol–water partition coefficient (Wildman–Crippen LogP) is 3.15. The van der Waals surface area contributed by atoms with Crippen molar-refractivity contribution in [2.75, 3.05) is 12.8 Å². The molecule has 0 saturated heterocycles. The minimum atomic E-state index is 0.513. The normalized spacial score (nSPS) is 10.6. The molecule has 0 fully saturated rings. The van der Waals surface area contributed by atoms with Crippen LogP contribution in [-0.2, 0) is 0 Å². The fourth-order valence-corrected chi connectivity index (χ4v) is 2.39. The molecule has 0 saturated carbocycles. The summed E-state index contributed by atoms with van der Waals surface area (Å²) in [5, 5.41) is 3.64. The third-order valence-corrected chi connectivity index (χ3v) is 3.36. The van der Waals surface area contributed by atoms with Gasteiger partial charge in [0.15, 0.2) is 0 Å². The molecule has 0 aliphatic heterocycles. The van der Waals surface area contributed by atoms with Crippen LogP contribution < -0.4 is 10.5 Å². The Bertz CT molecular complexity index is 452. The van der Waals surface area contributed by atoms with Crippen molar-refractivity contribution < 1.29 is 4.74 Å². The van der Waals surface area contributed by atoms with Crippen LogP contribution in [0.1, 0.15) is 0 Å². The highest BCUT2D eigenvalue weighted by molar-refractivity contribution is 7.18. The van der Waals surface area contributed by atoms with E-state index in [4.69, 9.17) is 22.1 Å². The number of ether oxygens (including phenoxy) is 1. The summed E-state index contributed by atoms with van der Waals surface area (Å²) in [7, 11) is 1.58. The third-order valence-electron chi connectivity index (χ3n) is 1.90. The summed E-state index contributed by atoms with van der Waals surface area (Å²) >= 11 is 7.64. The molecule has 0 unspecified atom stereocenters. The van der Waals surface area contributed by atoms with Gasteiger partial charge >= 0.3 is 0 Å². The second kappa shape index (κ2) is 3.09. The fourth-order valence-electron chi connectivity index (χ4n) is 1.23. The Hall–Kier alpha value is -0.930. The second-order valence-electron chi connectivity index (χ2n) is 2.65. The van der Waals surface area contributed by atoms with Gasteiger partial charge in [0, 0.05) is 0 Å². The summed E-state index contributed by atoms with van der Waals surface area (Å²) in [5.74, 6) is 0.635. The van der Waals surface area contributed by atoms with Crippen molar-refractivity contribution >= 4 is 38.7 Å². The van der Waals surface area contributed by atoms with Crippen LogP contribution in [0.25, 0.3) is 10.1 Å². The molecule has 1 aromatic heterocycles. The maximum Gasteiger partial charge on any atom is 0.143 e. The second-order valence-corrected chi connectivity index (χ2v) is 3.94. The summed E-state index contributed by atoms with van der Waals surface area (Å²) in [4.78, 5) is 0. The topological polar surface area (TPSA) is 35.2 Å². The van der Waals surface area contributed by atoms with Gasteiger partial charge in [-0.15, -0.1) is 11.3 Å². The number of thiophene rings is 1. The number of rotatable bonds is 1. The lowest BCUT2D eigenvalue weighted by atomic mass is 10.2. The van der Waals surface area contributed by atoms with E-state index in [-0.39, 0.29) is 0 Å². The van der Waals surface area contributed by atoms with Gasteiger partial charge in [-0.05, 0) is 22.9 Å². The largest absolute Gasteiger partial charge is 0.495 e. The molecule has 0 spiro atoms. The van der Waals surface area contributed by atoms with Crippen molar-refractivity contribution in [1.29, 1.82) is 0 Å². The molecule has 68 valence electrons. The first-order valence-electron chi connectivity index (χ1n) is 3.73. The molecule has 0 aliphatic carbocycles. The molecule has 0 aliphatic rings. The molecule has 1 heterocycles. The molecule has 13 heavy (non-hydrogen) atoms. The number of nitrogen functional groups attached to an aromatic ring is 1. The molecule has 0 radical (unpaired) electrons. The van der Waals surface area contributed by atoms with Gasteiger partial charge in [0.1, 0.15) is 5.75 Å². The summed E-state index contributed by atoms with van der Waals surface area (Å²) in [5.41, 5.74) is 6.28. The Morgan fingerprint density at radius 1 is 1.54 bits per heavy atom. The molecule has 2 nitrogen and oxygen atoms in total. The lowest BCUT2D eigenvalue weighted by molar-refractivity contribution is 0.417. The first-order chi connectivity index (χ1) is 6.24. The van der Waals surface area contributed by atoms with Crippen LogP contribution in [0.3, 0.4) is 0 Å². The molecular formula is C9H8ClNOS. The molecule has 1 aromatic carbocycles. The van der Waals surface area contributed by atoms with E-state index in [1.165, 1.54) is 0 Å². The Kier molecular flexibility index (Phi) is 2.06. The standard InChI is InChI=1S/C9H8ClNOS/c1-12-6-4-5-2-3-13-9(5)7(10)8(6)11/h2-4H,11H2,1H3. The molecule has 2 aromatic rings. The Balaban J connectivity index is 2.83. The van der Waals surface area contributed by atoms with Crippen LogP contribution in [0.15, 0.2) is 17.5 Å². The van der Waals surface area contributed by atoms with Crippen LogP contribution in [0, 0.1) is 0 Å². The van der Waals surface area contributed by atoms with Crippen LogP contribution in [-0.4, -0.2) is 7.11 Å². The summed E-state index contributed by atoms with van der Waals surface area (Å²) in [6.45, 7) is 0. The Labute approximate surface area is 84.9 Å². The summed E-state index contributed by atoms with van der Waals surface area (Å²) in [6.07, 6.45) is 0. The molecule has 4 heteroatoms. The number of halogens is 1. The van der Waals surface area contributed by atoms with Gasteiger partial charge in [-0.25, -0.2) is 0 Å². The molecular weight excluding hydrogens is 206 g/mol. The van der Waals surface area contributed by atoms with Gasteiger partial charge in [-0.3, -0.25) is 0 Å². The van der Waals surface area contributed by atoms with Crippen LogP contribution in [0.4, 0.5) is 5.69 Å². The van der Waals surface area contributed by atoms with Gasteiger partial charge in [0.2, 0.25) is 0 Å². The van der Waals surface area contributed by atoms with Crippen LogP contribution in [0.5, 0.6) is 5.75 Å². The predicted molar refractivity (Wildman–Crippen MR) is 57.8 cm³/mol. The zero-order valence-corrected chi connectivity index (χ0v) is 8.58. The number of hydrogen-bond acceptors (Lipinski definition) is 3. The van der Waals surface area contributed by atoms with Crippen molar-refractivity contribution in [3.8, 4) is 5.75 Å². The Morgan fingerprint density at radius 3 is 3.00 bits per heavy atom. The third kappa shape index (κ3) is 1.24. The maximum atomic E-state index is 6.06. The minimum Gasteiger partial charge on any atom is -0.495 e. The number of benzene rings is 1. The van der Waals surface area contributed by atoms with Crippen molar-refractivity contribution in [2.45, 2.75) is 0 Å². The highest BCUT2D eigenvalue weighted by Crippen LogP contribution is 2.39. The van der Waals surface area contributed by atoms with Gasteiger partial charge in [-0.1, -0.05) is 11.6 Å². The van der Waals surface area contributed by atoms with E-state index in [9.17, 15) is 0 Å². The molecule has 2 N–H and O–H groups in total.